The third-order valence-corrected chi connectivity index (χ3v) is 3.69. The SMILES string of the molecule is COCCNC(=O)[C@@H](C)OC(=O)[C@H](C)NC(=O)c1ccc(Cl)c([N+](=O)[O-])c1. The van der Waals surface area contributed by atoms with E-state index in [0.717, 1.165) is 6.07 Å². The Kier molecular flexibility index (Phi) is 8.63. The highest BCUT2D eigenvalue weighted by Crippen LogP contribution is 2.25. The average Bonchev–Trinajstić information content (AvgIpc) is 2.61. The molecule has 0 saturated carbocycles. The largest absolute Gasteiger partial charge is 0.451 e. The first-order valence-corrected chi connectivity index (χ1v) is 8.27. The number of nitrogens with one attached hydrogen (secondary N) is 2. The van der Waals surface area contributed by atoms with Crippen LogP contribution in [0.4, 0.5) is 5.69 Å². The predicted octanol–water partition coefficient (Wildman–Crippen LogP) is 1.06. The number of hydrogen-bond donors (Lipinski definition) is 2. The molecular weight excluding hydrogens is 382 g/mol. The summed E-state index contributed by atoms with van der Waals surface area (Å²) in [6.45, 7) is 3.32. The number of nitro benzene ring substituents is 1. The van der Waals surface area contributed by atoms with Gasteiger partial charge in [-0.05, 0) is 26.0 Å². The first-order valence-electron chi connectivity index (χ1n) is 7.89. The molecule has 1 aromatic rings. The maximum atomic E-state index is 12.2. The van der Waals surface area contributed by atoms with Gasteiger partial charge >= 0.3 is 5.97 Å². The molecule has 10 nitrogen and oxygen atoms in total. The predicted molar refractivity (Wildman–Crippen MR) is 95.5 cm³/mol. The summed E-state index contributed by atoms with van der Waals surface area (Å²) in [4.78, 5) is 46.1. The lowest BCUT2D eigenvalue weighted by molar-refractivity contribution is -0.384. The van der Waals surface area contributed by atoms with Gasteiger partial charge in [0.15, 0.2) is 6.10 Å². The molecule has 0 bridgehead atoms. The lowest BCUT2D eigenvalue weighted by Crippen LogP contribution is -2.44. The summed E-state index contributed by atoms with van der Waals surface area (Å²) < 4.78 is 9.77. The van der Waals surface area contributed by atoms with Crippen LogP contribution < -0.4 is 10.6 Å². The summed E-state index contributed by atoms with van der Waals surface area (Å²) >= 11 is 5.69. The molecule has 0 aliphatic rings. The molecule has 2 N–H and O–H groups in total. The lowest BCUT2D eigenvalue weighted by atomic mass is 10.1. The van der Waals surface area contributed by atoms with Gasteiger partial charge in [-0.25, -0.2) is 4.79 Å². The van der Waals surface area contributed by atoms with Crippen LogP contribution >= 0.6 is 11.6 Å². The van der Waals surface area contributed by atoms with Gasteiger partial charge in [0.2, 0.25) is 0 Å². The van der Waals surface area contributed by atoms with Crippen molar-refractivity contribution in [1.82, 2.24) is 10.6 Å². The van der Waals surface area contributed by atoms with E-state index in [1.807, 2.05) is 0 Å². The number of nitro groups is 1. The Morgan fingerprint density at radius 2 is 1.96 bits per heavy atom. The summed E-state index contributed by atoms with van der Waals surface area (Å²) in [5, 5.41) is 15.6. The highest BCUT2D eigenvalue weighted by Gasteiger charge is 2.24. The molecule has 27 heavy (non-hydrogen) atoms. The van der Waals surface area contributed by atoms with Gasteiger partial charge in [0.05, 0.1) is 11.5 Å². The Hall–Kier alpha value is -2.72. The first kappa shape index (κ1) is 22.3. The van der Waals surface area contributed by atoms with E-state index in [4.69, 9.17) is 21.1 Å². The third-order valence-electron chi connectivity index (χ3n) is 3.37. The van der Waals surface area contributed by atoms with Crippen LogP contribution in [0.2, 0.25) is 5.02 Å². The molecule has 0 heterocycles. The zero-order valence-corrected chi connectivity index (χ0v) is 15.7. The van der Waals surface area contributed by atoms with Crippen LogP contribution in [-0.4, -0.2) is 55.1 Å². The van der Waals surface area contributed by atoms with Crippen molar-refractivity contribution in [3.63, 3.8) is 0 Å². The van der Waals surface area contributed by atoms with E-state index >= 15 is 0 Å². The molecule has 0 aliphatic heterocycles. The van der Waals surface area contributed by atoms with Gasteiger partial charge in [-0.3, -0.25) is 19.7 Å². The van der Waals surface area contributed by atoms with Crippen LogP contribution in [0, 0.1) is 10.1 Å². The Morgan fingerprint density at radius 1 is 1.30 bits per heavy atom. The highest BCUT2D eigenvalue weighted by molar-refractivity contribution is 6.32. The standard InChI is InChI=1S/C16H20ClN3O7/c1-9(16(23)27-10(2)14(21)18-6-7-26-3)19-15(22)11-4-5-12(17)13(8-11)20(24)25/h4-5,8-10H,6-7H2,1-3H3,(H,18,21)(H,19,22)/t9-,10+/m0/s1. The van der Waals surface area contributed by atoms with Crippen molar-refractivity contribution in [2.45, 2.75) is 26.0 Å². The van der Waals surface area contributed by atoms with Crippen molar-refractivity contribution < 1.29 is 28.8 Å². The van der Waals surface area contributed by atoms with E-state index in [1.165, 1.54) is 33.1 Å². The molecule has 148 valence electrons. The van der Waals surface area contributed by atoms with Gasteiger partial charge in [-0.1, -0.05) is 11.6 Å². The van der Waals surface area contributed by atoms with Crippen molar-refractivity contribution in [3.8, 4) is 0 Å². The first-order chi connectivity index (χ1) is 12.7. The van der Waals surface area contributed by atoms with Crippen LogP contribution in [0.15, 0.2) is 18.2 Å². The molecule has 0 spiro atoms. The van der Waals surface area contributed by atoms with Crippen LogP contribution in [0.1, 0.15) is 24.2 Å². The van der Waals surface area contributed by atoms with Crippen molar-refractivity contribution in [3.05, 3.63) is 38.9 Å². The fraction of sp³-hybridized carbons (Fsp3) is 0.438. The van der Waals surface area contributed by atoms with Gasteiger partial charge in [0.25, 0.3) is 17.5 Å². The van der Waals surface area contributed by atoms with E-state index in [-0.39, 0.29) is 17.1 Å². The van der Waals surface area contributed by atoms with Crippen LogP contribution in [0.25, 0.3) is 0 Å². The number of methoxy groups -OCH3 is 1. The molecule has 0 aliphatic carbocycles. The zero-order valence-electron chi connectivity index (χ0n) is 15.0. The maximum absolute atomic E-state index is 12.2. The minimum Gasteiger partial charge on any atom is -0.451 e. The van der Waals surface area contributed by atoms with Crippen LogP contribution in [-0.2, 0) is 19.1 Å². The fourth-order valence-electron chi connectivity index (χ4n) is 1.88. The number of rotatable bonds is 9. The third kappa shape index (κ3) is 6.83. The van der Waals surface area contributed by atoms with Gasteiger partial charge in [0.1, 0.15) is 11.1 Å². The van der Waals surface area contributed by atoms with Gasteiger partial charge < -0.3 is 20.1 Å². The Labute approximate surface area is 160 Å². The van der Waals surface area contributed by atoms with Crippen LogP contribution in [0.3, 0.4) is 0 Å². The van der Waals surface area contributed by atoms with Crippen molar-refractivity contribution in [2.75, 3.05) is 20.3 Å². The molecular formula is C16H20ClN3O7. The molecule has 2 atom stereocenters. The van der Waals surface area contributed by atoms with Crippen molar-refractivity contribution in [1.29, 1.82) is 0 Å². The molecule has 1 aromatic carbocycles. The zero-order chi connectivity index (χ0) is 20.6. The van der Waals surface area contributed by atoms with Crippen molar-refractivity contribution >= 4 is 35.1 Å². The second-order valence-electron chi connectivity index (χ2n) is 5.48. The summed E-state index contributed by atoms with van der Waals surface area (Å²) in [5.41, 5.74) is -0.475. The summed E-state index contributed by atoms with van der Waals surface area (Å²) in [5.74, 6) is -2.06. The molecule has 0 fully saturated rings. The smallest absolute Gasteiger partial charge is 0.329 e. The second kappa shape index (κ2) is 10.4. The number of nitrogens with zero attached hydrogens (tertiary/aromatic N) is 1. The maximum Gasteiger partial charge on any atom is 0.329 e. The van der Waals surface area contributed by atoms with E-state index < -0.39 is 40.5 Å². The molecule has 2 amide bonds. The average molecular weight is 402 g/mol. The van der Waals surface area contributed by atoms with Crippen LogP contribution in [0.5, 0.6) is 0 Å². The molecule has 1 rings (SSSR count). The van der Waals surface area contributed by atoms with E-state index in [0.29, 0.717) is 6.61 Å². The molecule has 0 radical (unpaired) electrons. The van der Waals surface area contributed by atoms with E-state index in [2.05, 4.69) is 10.6 Å². The van der Waals surface area contributed by atoms with Gasteiger partial charge in [0, 0.05) is 25.3 Å². The number of benzene rings is 1. The number of ether oxygens (including phenoxy) is 2. The highest BCUT2D eigenvalue weighted by atomic mass is 35.5. The number of halogens is 1. The number of amides is 2. The fourth-order valence-corrected chi connectivity index (χ4v) is 2.07. The Morgan fingerprint density at radius 3 is 2.56 bits per heavy atom. The van der Waals surface area contributed by atoms with Crippen molar-refractivity contribution in [2.24, 2.45) is 0 Å². The Balaban J connectivity index is 2.64. The minimum atomic E-state index is -1.08. The summed E-state index contributed by atoms with van der Waals surface area (Å²) in [7, 11) is 1.48. The molecule has 0 unspecified atom stereocenters. The summed E-state index contributed by atoms with van der Waals surface area (Å²) in [6, 6.07) is 2.42. The second-order valence-corrected chi connectivity index (χ2v) is 5.89. The number of hydrogen-bond acceptors (Lipinski definition) is 7. The van der Waals surface area contributed by atoms with E-state index in [9.17, 15) is 24.5 Å². The minimum absolute atomic E-state index is 0.0453. The quantitative estimate of drug-likeness (QED) is 0.273. The molecule has 11 heteroatoms. The summed E-state index contributed by atoms with van der Waals surface area (Å²) in [6.07, 6.45) is -1.06. The van der Waals surface area contributed by atoms with E-state index in [1.54, 1.807) is 0 Å². The molecule has 0 aromatic heterocycles. The molecule has 0 saturated heterocycles. The number of carbonyl (C=O) groups excluding carboxylic acids is 3. The van der Waals surface area contributed by atoms with Gasteiger partial charge in [-0.2, -0.15) is 0 Å². The lowest BCUT2D eigenvalue weighted by Gasteiger charge is -2.17. The Bertz CT molecular complexity index is 726. The normalized spacial score (nSPS) is 12.6. The number of esters is 1. The monoisotopic (exact) mass is 401 g/mol. The topological polar surface area (TPSA) is 137 Å². The van der Waals surface area contributed by atoms with Gasteiger partial charge in [-0.15, -0.1) is 0 Å². The number of carbonyl (C=O) groups is 3.